The van der Waals surface area contributed by atoms with E-state index in [4.69, 9.17) is 5.73 Å². The molecule has 0 aliphatic rings. The topological polar surface area (TPSA) is 58.4 Å². The fourth-order valence-corrected chi connectivity index (χ4v) is 3.75. The van der Waals surface area contributed by atoms with Gasteiger partial charge in [0.25, 0.3) is 0 Å². The van der Waals surface area contributed by atoms with Gasteiger partial charge < -0.3 is 16.0 Å². The molecule has 1 unspecified atom stereocenters. The Morgan fingerprint density at radius 2 is 2.00 bits per heavy atom. The molecule has 0 fully saturated rings. The number of thioether (sulfide) groups is 1. The number of thiophene rings is 1. The van der Waals surface area contributed by atoms with Crippen molar-refractivity contribution in [1.82, 2.24) is 4.90 Å². The maximum Gasteiger partial charge on any atom is 0.177 e. The highest BCUT2D eigenvalue weighted by molar-refractivity contribution is 7.99. The first-order chi connectivity index (χ1) is 9.29. The smallest absolute Gasteiger partial charge is 0.177 e. The summed E-state index contributed by atoms with van der Waals surface area (Å²) in [6.07, 6.45) is 1.99. The highest BCUT2D eigenvalue weighted by atomic mass is 32.2. The normalized spacial score (nSPS) is 13.0. The number of nitrogens with two attached hydrogens (primary N) is 1. The number of carbonyl (C=O) groups excluding carboxylic acids is 1. The van der Waals surface area contributed by atoms with Gasteiger partial charge in [-0.25, -0.2) is 0 Å². The monoisotopic (exact) mass is 315 g/mol. The third-order valence-electron chi connectivity index (χ3n) is 3.29. The van der Waals surface area contributed by atoms with Crippen LogP contribution < -0.4 is 11.1 Å². The summed E-state index contributed by atoms with van der Waals surface area (Å²) in [6, 6.07) is 0.414. The predicted octanol–water partition coefficient (Wildman–Crippen LogP) is 3.25. The summed E-state index contributed by atoms with van der Waals surface area (Å²) in [4.78, 5) is 16.0. The largest absolute Gasteiger partial charge is 0.396 e. The van der Waals surface area contributed by atoms with Crippen molar-refractivity contribution in [3.05, 3.63) is 4.88 Å². The molecular weight excluding hydrogens is 290 g/mol. The molecule has 114 valence electrons. The number of likely N-dealkylation sites (N-methyl/N-ethyl adjacent to an activating group) is 1. The van der Waals surface area contributed by atoms with Crippen LogP contribution in [0.2, 0.25) is 0 Å². The van der Waals surface area contributed by atoms with Gasteiger partial charge in [0.2, 0.25) is 0 Å². The molecule has 1 aromatic heterocycles. The Morgan fingerprint density at radius 3 is 2.45 bits per heavy atom. The number of carbonyl (C=O) groups is 1. The van der Waals surface area contributed by atoms with Crippen LogP contribution in [0.15, 0.2) is 4.90 Å². The summed E-state index contributed by atoms with van der Waals surface area (Å²) >= 11 is 3.06. The molecule has 6 heteroatoms. The molecule has 1 atom stereocenters. The fraction of sp³-hybridized carbons (Fsp3) is 0.643. The van der Waals surface area contributed by atoms with Crippen molar-refractivity contribution in [3.63, 3.8) is 0 Å². The lowest BCUT2D eigenvalue weighted by atomic mass is 10.1. The van der Waals surface area contributed by atoms with Crippen molar-refractivity contribution < 1.29 is 4.79 Å². The van der Waals surface area contributed by atoms with Gasteiger partial charge in [-0.05, 0) is 27.3 Å². The average Bonchev–Trinajstić information content (AvgIpc) is 2.70. The third kappa shape index (κ3) is 3.90. The minimum atomic E-state index is -0.0285. The molecule has 1 rings (SSSR count). The number of ketones is 1. The lowest BCUT2D eigenvalue weighted by molar-refractivity contribution is 0.0944. The summed E-state index contributed by atoms with van der Waals surface area (Å²) in [5.74, 6) is 0.0933. The van der Waals surface area contributed by atoms with Crippen molar-refractivity contribution in [1.29, 1.82) is 0 Å². The second-order valence-corrected chi connectivity index (χ2v) is 7.26. The Balaban J connectivity index is 2.97. The first-order valence-corrected chi connectivity index (χ1v) is 8.74. The molecule has 20 heavy (non-hydrogen) atoms. The van der Waals surface area contributed by atoms with Gasteiger partial charge in [-0.15, -0.1) is 23.1 Å². The molecule has 0 saturated heterocycles. The highest BCUT2D eigenvalue weighted by Crippen LogP contribution is 2.42. The number of nitrogens with zero attached hydrogens (tertiary/aromatic N) is 1. The van der Waals surface area contributed by atoms with E-state index in [0.29, 0.717) is 16.6 Å². The summed E-state index contributed by atoms with van der Waals surface area (Å²) in [5.41, 5.74) is 6.76. The van der Waals surface area contributed by atoms with Crippen LogP contribution in [0.5, 0.6) is 0 Å². The van der Waals surface area contributed by atoms with Gasteiger partial charge in [0.1, 0.15) is 5.00 Å². The maximum atomic E-state index is 12.2. The number of nitrogen functional groups attached to an aromatic ring is 1. The number of anilines is 2. The van der Waals surface area contributed by atoms with E-state index in [1.165, 1.54) is 11.3 Å². The number of rotatable bonds is 7. The maximum absolute atomic E-state index is 12.2. The second kappa shape index (κ2) is 7.33. The minimum Gasteiger partial charge on any atom is -0.396 e. The first-order valence-electron chi connectivity index (χ1n) is 6.70. The molecule has 3 N–H and O–H groups in total. The van der Waals surface area contributed by atoms with Crippen LogP contribution in [0.3, 0.4) is 0 Å². The van der Waals surface area contributed by atoms with E-state index >= 15 is 0 Å². The van der Waals surface area contributed by atoms with Gasteiger partial charge in [-0.3, -0.25) is 4.79 Å². The number of Topliss-reactive ketones (excluding diaryl/α,β-unsaturated/α-hetero) is 1. The van der Waals surface area contributed by atoms with E-state index in [-0.39, 0.29) is 11.7 Å². The van der Waals surface area contributed by atoms with Crippen LogP contribution in [0, 0.1) is 5.92 Å². The minimum absolute atomic E-state index is 0.0285. The molecule has 0 aliphatic heterocycles. The quantitative estimate of drug-likeness (QED) is 0.597. The standard InChI is InChI=1S/C14H25N3OS2/c1-8(2)11(18)12-10(15)13(19-6)14(20-12)16-7-9(3)17(4)5/h8-9,16H,7,15H2,1-6H3. The number of nitrogens with one attached hydrogen (secondary N) is 1. The van der Waals surface area contributed by atoms with Gasteiger partial charge in [0.05, 0.1) is 15.5 Å². The van der Waals surface area contributed by atoms with Gasteiger partial charge in [0.15, 0.2) is 5.78 Å². The zero-order chi connectivity index (χ0) is 15.4. The van der Waals surface area contributed by atoms with E-state index in [2.05, 4.69) is 31.2 Å². The third-order valence-corrected chi connectivity index (χ3v) is 5.43. The number of hydrogen-bond donors (Lipinski definition) is 2. The van der Waals surface area contributed by atoms with Crippen molar-refractivity contribution in [2.45, 2.75) is 31.7 Å². The van der Waals surface area contributed by atoms with Gasteiger partial charge in [-0.2, -0.15) is 0 Å². The molecule has 4 nitrogen and oxygen atoms in total. The van der Waals surface area contributed by atoms with Crippen LogP contribution in [0.25, 0.3) is 0 Å². The van der Waals surface area contributed by atoms with E-state index in [1.54, 1.807) is 11.8 Å². The Morgan fingerprint density at radius 1 is 1.40 bits per heavy atom. The zero-order valence-electron chi connectivity index (χ0n) is 13.1. The predicted molar refractivity (Wildman–Crippen MR) is 91.3 cm³/mol. The highest BCUT2D eigenvalue weighted by Gasteiger charge is 2.22. The van der Waals surface area contributed by atoms with Gasteiger partial charge in [0, 0.05) is 18.5 Å². The van der Waals surface area contributed by atoms with Crippen molar-refractivity contribution in [2.75, 3.05) is 37.9 Å². The molecule has 0 amide bonds. The summed E-state index contributed by atoms with van der Waals surface area (Å²) in [5, 5.41) is 4.43. The molecule has 0 spiro atoms. The Kier molecular flexibility index (Phi) is 6.36. The van der Waals surface area contributed by atoms with Crippen LogP contribution in [0.4, 0.5) is 10.7 Å². The molecule has 0 aliphatic carbocycles. The van der Waals surface area contributed by atoms with Crippen molar-refractivity contribution in [2.24, 2.45) is 5.92 Å². The van der Waals surface area contributed by atoms with Crippen LogP contribution in [-0.2, 0) is 0 Å². The lowest BCUT2D eigenvalue weighted by Crippen LogP contribution is -2.31. The molecule has 0 bridgehead atoms. The first kappa shape index (κ1) is 17.3. The Hall–Kier alpha value is -0.720. The van der Waals surface area contributed by atoms with Crippen molar-refractivity contribution in [3.8, 4) is 0 Å². The Labute approximate surface area is 130 Å². The molecule has 0 aromatic carbocycles. The fourth-order valence-electron chi connectivity index (χ4n) is 1.62. The average molecular weight is 316 g/mol. The SMILES string of the molecule is CSc1c(NCC(C)N(C)C)sc(C(=O)C(C)C)c1N. The van der Waals surface area contributed by atoms with E-state index in [9.17, 15) is 4.79 Å². The molecule has 1 aromatic rings. The molecule has 0 saturated carbocycles. The van der Waals surface area contributed by atoms with E-state index < -0.39 is 0 Å². The van der Waals surface area contributed by atoms with E-state index in [0.717, 1.165) is 16.4 Å². The van der Waals surface area contributed by atoms with Gasteiger partial charge >= 0.3 is 0 Å². The molecule has 0 radical (unpaired) electrons. The second-order valence-electron chi connectivity index (χ2n) is 5.42. The van der Waals surface area contributed by atoms with Crippen LogP contribution in [-0.4, -0.2) is 43.6 Å². The summed E-state index contributed by atoms with van der Waals surface area (Å²) in [6.45, 7) is 6.79. The zero-order valence-corrected chi connectivity index (χ0v) is 14.7. The molecule has 1 heterocycles. The van der Waals surface area contributed by atoms with Gasteiger partial charge in [-0.1, -0.05) is 13.8 Å². The summed E-state index contributed by atoms with van der Waals surface area (Å²) in [7, 11) is 4.11. The van der Waals surface area contributed by atoms with Crippen LogP contribution in [0.1, 0.15) is 30.4 Å². The Bertz CT molecular complexity index is 469. The summed E-state index contributed by atoms with van der Waals surface area (Å²) < 4.78 is 0. The van der Waals surface area contributed by atoms with Crippen LogP contribution >= 0.6 is 23.1 Å². The lowest BCUT2D eigenvalue weighted by Gasteiger charge is -2.20. The van der Waals surface area contributed by atoms with E-state index in [1.807, 2.05) is 20.1 Å². The van der Waals surface area contributed by atoms with Crippen molar-refractivity contribution >= 4 is 39.6 Å². The molecular formula is C14H25N3OS2. The number of hydrogen-bond acceptors (Lipinski definition) is 6.